The molecule has 27 heavy (non-hydrogen) atoms. The van der Waals surface area contributed by atoms with E-state index in [0.717, 1.165) is 0 Å². The number of nitrogens with one attached hydrogen (secondary N) is 2. The van der Waals surface area contributed by atoms with Crippen molar-refractivity contribution >= 4 is 35.0 Å². The number of rotatable bonds is 6. The maximum Gasteiger partial charge on any atom is 0.257 e. The molecule has 3 rings (SSSR count). The summed E-state index contributed by atoms with van der Waals surface area (Å²) in [5, 5.41) is 5.89. The first-order valence-corrected chi connectivity index (χ1v) is 8.96. The zero-order valence-electron chi connectivity index (χ0n) is 14.1. The van der Waals surface area contributed by atoms with Crippen LogP contribution in [0.15, 0.2) is 72.1 Å². The third-order valence-corrected chi connectivity index (χ3v) is 4.30. The van der Waals surface area contributed by atoms with Crippen LogP contribution in [0.4, 0.5) is 15.8 Å². The van der Waals surface area contributed by atoms with Crippen molar-refractivity contribution in [1.82, 2.24) is 9.97 Å². The van der Waals surface area contributed by atoms with Gasteiger partial charge in [-0.15, -0.1) is 0 Å². The lowest BCUT2D eigenvalue weighted by Gasteiger charge is -2.11. The molecular weight excluding hydrogens is 367 g/mol. The molecule has 0 aliphatic carbocycles. The molecule has 0 bridgehead atoms. The number of aromatic nitrogens is 2. The minimum Gasteiger partial charge on any atom is -0.325 e. The summed E-state index contributed by atoms with van der Waals surface area (Å²) < 4.78 is 13.0. The van der Waals surface area contributed by atoms with Gasteiger partial charge >= 0.3 is 0 Å². The summed E-state index contributed by atoms with van der Waals surface area (Å²) in [4.78, 5) is 32.8. The Kier molecular flexibility index (Phi) is 6.11. The highest BCUT2D eigenvalue weighted by atomic mass is 32.2. The van der Waals surface area contributed by atoms with Gasteiger partial charge in [0, 0.05) is 18.1 Å². The van der Waals surface area contributed by atoms with Gasteiger partial charge < -0.3 is 10.6 Å². The highest BCUT2D eigenvalue weighted by Gasteiger charge is 2.14. The second kappa shape index (κ2) is 8.91. The van der Waals surface area contributed by atoms with Crippen LogP contribution in [0.5, 0.6) is 0 Å². The van der Waals surface area contributed by atoms with Crippen LogP contribution < -0.4 is 10.6 Å². The standard InChI is InChI=1S/C19H15FN4O2S/c20-13-6-8-14(9-7-13)23-18(26)15-4-1-2-5-16(15)24-17(25)12-27-19-21-10-3-11-22-19/h1-11H,12H2,(H,23,26)(H,24,25). The Hall–Kier alpha value is -3.26. The molecule has 0 atom stereocenters. The van der Waals surface area contributed by atoms with Crippen LogP contribution in [-0.2, 0) is 4.79 Å². The van der Waals surface area contributed by atoms with Crippen molar-refractivity contribution in [2.75, 3.05) is 16.4 Å². The fourth-order valence-electron chi connectivity index (χ4n) is 2.20. The molecule has 8 heteroatoms. The van der Waals surface area contributed by atoms with Crippen LogP contribution in [0.1, 0.15) is 10.4 Å². The molecule has 0 spiro atoms. The number of carbonyl (C=O) groups excluding carboxylic acids is 2. The van der Waals surface area contributed by atoms with Crippen LogP contribution in [0, 0.1) is 5.82 Å². The molecule has 0 saturated carbocycles. The van der Waals surface area contributed by atoms with Crippen LogP contribution >= 0.6 is 11.8 Å². The van der Waals surface area contributed by atoms with Gasteiger partial charge in [-0.25, -0.2) is 14.4 Å². The van der Waals surface area contributed by atoms with Gasteiger partial charge in [-0.2, -0.15) is 0 Å². The van der Waals surface area contributed by atoms with E-state index in [9.17, 15) is 14.0 Å². The molecule has 1 heterocycles. The van der Waals surface area contributed by atoms with Gasteiger partial charge in [0.15, 0.2) is 5.16 Å². The highest BCUT2D eigenvalue weighted by molar-refractivity contribution is 7.99. The number of hydrogen-bond acceptors (Lipinski definition) is 5. The van der Waals surface area contributed by atoms with Gasteiger partial charge in [-0.3, -0.25) is 9.59 Å². The molecule has 0 radical (unpaired) electrons. The van der Waals surface area contributed by atoms with Gasteiger partial charge in [0.25, 0.3) is 5.91 Å². The minimum absolute atomic E-state index is 0.109. The SMILES string of the molecule is O=C(CSc1ncccn1)Nc1ccccc1C(=O)Nc1ccc(F)cc1. The van der Waals surface area contributed by atoms with E-state index in [0.29, 0.717) is 22.1 Å². The first-order chi connectivity index (χ1) is 13.1. The Labute approximate surface area is 159 Å². The maximum absolute atomic E-state index is 13.0. The van der Waals surface area contributed by atoms with E-state index in [1.54, 1.807) is 42.7 Å². The van der Waals surface area contributed by atoms with E-state index in [1.807, 2.05) is 0 Å². The molecule has 3 aromatic rings. The van der Waals surface area contributed by atoms with Crippen molar-refractivity contribution < 1.29 is 14.0 Å². The number of halogens is 1. The van der Waals surface area contributed by atoms with E-state index in [2.05, 4.69) is 20.6 Å². The normalized spacial score (nSPS) is 10.3. The Balaban J connectivity index is 1.65. The van der Waals surface area contributed by atoms with E-state index in [-0.39, 0.29) is 17.5 Å². The number of benzene rings is 2. The zero-order chi connectivity index (χ0) is 19.1. The summed E-state index contributed by atoms with van der Waals surface area (Å²) in [6.45, 7) is 0. The van der Waals surface area contributed by atoms with Gasteiger partial charge in [-0.1, -0.05) is 23.9 Å². The molecule has 0 fully saturated rings. The van der Waals surface area contributed by atoms with Crippen LogP contribution in [0.3, 0.4) is 0 Å². The van der Waals surface area contributed by atoms with Crippen molar-refractivity contribution in [2.45, 2.75) is 5.16 Å². The Morgan fingerprint density at radius 2 is 1.63 bits per heavy atom. The smallest absolute Gasteiger partial charge is 0.257 e. The molecule has 2 amide bonds. The Morgan fingerprint density at radius 1 is 0.926 bits per heavy atom. The molecule has 0 aliphatic heterocycles. The molecular formula is C19H15FN4O2S. The number of para-hydroxylation sites is 1. The first-order valence-electron chi connectivity index (χ1n) is 7.97. The van der Waals surface area contributed by atoms with E-state index >= 15 is 0 Å². The molecule has 136 valence electrons. The van der Waals surface area contributed by atoms with Crippen LogP contribution in [0.25, 0.3) is 0 Å². The van der Waals surface area contributed by atoms with Crippen molar-refractivity contribution in [3.05, 3.63) is 78.4 Å². The van der Waals surface area contributed by atoms with E-state index < -0.39 is 5.91 Å². The van der Waals surface area contributed by atoms with Gasteiger partial charge in [0.1, 0.15) is 5.82 Å². The molecule has 2 aromatic carbocycles. The second-order valence-electron chi connectivity index (χ2n) is 5.37. The molecule has 0 unspecified atom stereocenters. The summed E-state index contributed by atoms with van der Waals surface area (Å²) in [6, 6.07) is 13.8. The molecule has 2 N–H and O–H groups in total. The van der Waals surface area contributed by atoms with Crippen molar-refractivity contribution in [3.8, 4) is 0 Å². The van der Waals surface area contributed by atoms with Crippen molar-refractivity contribution in [2.24, 2.45) is 0 Å². The third kappa shape index (κ3) is 5.35. The van der Waals surface area contributed by atoms with E-state index in [1.165, 1.54) is 36.0 Å². The third-order valence-electron chi connectivity index (χ3n) is 3.42. The van der Waals surface area contributed by atoms with Gasteiger partial charge in [0.2, 0.25) is 5.91 Å². The Bertz CT molecular complexity index is 936. The molecule has 0 saturated heterocycles. The fraction of sp³-hybridized carbons (Fsp3) is 0.0526. The largest absolute Gasteiger partial charge is 0.325 e. The molecule has 6 nitrogen and oxygen atoms in total. The highest BCUT2D eigenvalue weighted by Crippen LogP contribution is 2.19. The topological polar surface area (TPSA) is 84.0 Å². The molecule has 1 aromatic heterocycles. The Morgan fingerprint density at radius 3 is 2.37 bits per heavy atom. The number of thioether (sulfide) groups is 1. The monoisotopic (exact) mass is 382 g/mol. The number of anilines is 2. The second-order valence-corrected chi connectivity index (χ2v) is 6.32. The lowest BCUT2D eigenvalue weighted by Crippen LogP contribution is -2.19. The van der Waals surface area contributed by atoms with Crippen molar-refractivity contribution in [3.63, 3.8) is 0 Å². The lowest BCUT2D eigenvalue weighted by atomic mass is 10.1. The van der Waals surface area contributed by atoms with Gasteiger partial charge in [0.05, 0.1) is 17.0 Å². The molecule has 0 aliphatic rings. The first kappa shape index (κ1) is 18.5. The van der Waals surface area contributed by atoms with Crippen LogP contribution in [0.2, 0.25) is 0 Å². The minimum atomic E-state index is -0.406. The summed E-state index contributed by atoms with van der Waals surface area (Å²) in [7, 11) is 0. The quantitative estimate of drug-likeness (QED) is 0.503. The van der Waals surface area contributed by atoms with Crippen LogP contribution in [-0.4, -0.2) is 27.5 Å². The lowest BCUT2D eigenvalue weighted by molar-refractivity contribution is -0.113. The fourth-order valence-corrected chi connectivity index (χ4v) is 2.80. The summed E-state index contributed by atoms with van der Waals surface area (Å²) in [5.41, 5.74) is 1.15. The number of hydrogen-bond donors (Lipinski definition) is 2. The zero-order valence-corrected chi connectivity index (χ0v) is 14.9. The summed E-state index contributed by atoms with van der Waals surface area (Å²) in [6.07, 6.45) is 3.20. The number of carbonyl (C=O) groups is 2. The maximum atomic E-state index is 13.0. The average molecular weight is 382 g/mol. The summed E-state index contributed by atoms with van der Waals surface area (Å²) in [5.74, 6) is -0.968. The van der Waals surface area contributed by atoms with Gasteiger partial charge in [-0.05, 0) is 42.5 Å². The summed E-state index contributed by atoms with van der Waals surface area (Å²) >= 11 is 1.20. The predicted molar refractivity (Wildman–Crippen MR) is 102 cm³/mol. The van der Waals surface area contributed by atoms with Crippen molar-refractivity contribution in [1.29, 1.82) is 0 Å². The number of nitrogens with zero attached hydrogens (tertiary/aromatic N) is 2. The average Bonchev–Trinajstić information content (AvgIpc) is 2.69. The predicted octanol–water partition coefficient (Wildman–Crippen LogP) is 3.60. The number of amides is 2. The van der Waals surface area contributed by atoms with E-state index in [4.69, 9.17) is 0 Å².